The van der Waals surface area contributed by atoms with Crippen molar-refractivity contribution in [3.63, 3.8) is 0 Å². The van der Waals surface area contributed by atoms with Crippen LogP contribution in [0.1, 0.15) is 91.2 Å². The van der Waals surface area contributed by atoms with E-state index in [9.17, 15) is 9.90 Å². The van der Waals surface area contributed by atoms with Crippen LogP contribution in [0.3, 0.4) is 0 Å². The van der Waals surface area contributed by atoms with E-state index in [0.717, 1.165) is 31.2 Å². The fourth-order valence-electron chi connectivity index (χ4n) is 3.12. The number of aliphatic hydroxyl groups excluding tert-OH is 1. The Kier molecular flexibility index (Phi) is 11.5. The molecule has 1 atom stereocenters. The van der Waals surface area contributed by atoms with Gasteiger partial charge >= 0.3 is 0 Å². The van der Waals surface area contributed by atoms with E-state index < -0.39 is 6.10 Å². The molecule has 0 saturated heterocycles. The van der Waals surface area contributed by atoms with Crippen molar-refractivity contribution in [3.05, 3.63) is 59.1 Å². The Labute approximate surface area is 171 Å². The fourth-order valence-corrected chi connectivity index (χ4v) is 3.12. The first-order valence-corrected chi connectivity index (χ1v) is 10.5. The smallest absolute Gasteiger partial charge is 0.137 e. The monoisotopic (exact) mass is 386 g/mol. The van der Waals surface area contributed by atoms with Crippen molar-refractivity contribution in [3.8, 4) is 0 Å². The molecule has 0 aromatic carbocycles. The van der Waals surface area contributed by atoms with E-state index in [1.54, 1.807) is 18.6 Å². The maximum atomic E-state index is 11.9. The molecular weight excluding hydrogens is 348 g/mol. The van der Waals surface area contributed by atoms with Gasteiger partial charge in [-0.15, -0.1) is 0 Å². The molecule has 28 heavy (non-hydrogen) atoms. The Morgan fingerprint density at radius 3 is 2.21 bits per heavy atom. The summed E-state index contributed by atoms with van der Waals surface area (Å²) < 4.78 is 5.01. The van der Waals surface area contributed by atoms with Crippen LogP contribution in [-0.4, -0.2) is 10.9 Å². The highest BCUT2D eigenvalue weighted by Crippen LogP contribution is 2.19. The van der Waals surface area contributed by atoms with Gasteiger partial charge in [-0.3, -0.25) is 4.79 Å². The minimum atomic E-state index is -0.492. The molecule has 0 radical (unpaired) electrons. The summed E-state index contributed by atoms with van der Waals surface area (Å²) in [5.74, 6) is 0.785. The van der Waals surface area contributed by atoms with Gasteiger partial charge in [0, 0.05) is 18.4 Å². The summed E-state index contributed by atoms with van der Waals surface area (Å²) in [7, 11) is 0. The molecule has 156 valence electrons. The molecule has 0 fully saturated rings. The summed E-state index contributed by atoms with van der Waals surface area (Å²) >= 11 is 0. The Morgan fingerprint density at radius 2 is 1.64 bits per heavy atom. The summed E-state index contributed by atoms with van der Waals surface area (Å²) in [6.45, 7) is 10.5. The number of allylic oxidation sites excluding steroid dienone is 5. The van der Waals surface area contributed by atoms with Gasteiger partial charge in [0.05, 0.1) is 18.6 Å². The highest BCUT2D eigenvalue weighted by atomic mass is 16.3. The molecule has 1 aromatic heterocycles. The van der Waals surface area contributed by atoms with Crippen molar-refractivity contribution in [1.82, 2.24) is 0 Å². The molecule has 0 spiro atoms. The van der Waals surface area contributed by atoms with E-state index in [-0.39, 0.29) is 0 Å². The first-order chi connectivity index (χ1) is 13.3. The van der Waals surface area contributed by atoms with Crippen LogP contribution in [0.2, 0.25) is 0 Å². The van der Waals surface area contributed by atoms with Gasteiger partial charge < -0.3 is 9.52 Å². The zero-order valence-corrected chi connectivity index (χ0v) is 18.3. The van der Waals surface area contributed by atoms with Crippen molar-refractivity contribution >= 4 is 5.78 Å². The lowest BCUT2D eigenvalue weighted by Gasteiger charge is -2.06. The number of furan rings is 1. The lowest BCUT2D eigenvalue weighted by Crippen LogP contribution is -2.02. The van der Waals surface area contributed by atoms with Gasteiger partial charge in [-0.1, -0.05) is 48.8 Å². The number of hydrogen-bond acceptors (Lipinski definition) is 3. The van der Waals surface area contributed by atoms with Gasteiger partial charge in [0.2, 0.25) is 0 Å². The maximum Gasteiger partial charge on any atom is 0.137 e. The van der Waals surface area contributed by atoms with Crippen molar-refractivity contribution in [2.75, 3.05) is 0 Å². The highest BCUT2D eigenvalue weighted by Gasteiger charge is 2.07. The van der Waals surface area contributed by atoms with Crippen LogP contribution in [0.25, 0.3) is 0 Å². The molecule has 1 aromatic rings. The van der Waals surface area contributed by atoms with Crippen LogP contribution in [-0.2, 0) is 4.79 Å². The van der Waals surface area contributed by atoms with Gasteiger partial charge in [0.1, 0.15) is 5.78 Å². The average Bonchev–Trinajstić information content (AvgIpc) is 3.13. The van der Waals surface area contributed by atoms with Crippen molar-refractivity contribution in [2.45, 2.75) is 85.7 Å². The summed E-state index contributed by atoms with van der Waals surface area (Å²) in [4.78, 5) is 11.9. The molecule has 1 heterocycles. The lowest BCUT2D eigenvalue weighted by atomic mass is 10.0. The molecule has 1 N–H and O–H groups in total. The van der Waals surface area contributed by atoms with Gasteiger partial charge in [-0.2, -0.15) is 0 Å². The van der Waals surface area contributed by atoms with Gasteiger partial charge in [-0.05, 0) is 64.9 Å². The van der Waals surface area contributed by atoms with Crippen LogP contribution in [0, 0.1) is 5.92 Å². The number of hydrogen-bond donors (Lipinski definition) is 1. The van der Waals surface area contributed by atoms with Crippen LogP contribution >= 0.6 is 0 Å². The van der Waals surface area contributed by atoms with Crippen LogP contribution in [0.15, 0.2) is 58.0 Å². The normalized spacial score (nSPS) is 14.6. The van der Waals surface area contributed by atoms with E-state index in [0.29, 0.717) is 31.0 Å². The number of ketones is 1. The molecule has 0 unspecified atom stereocenters. The molecule has 3 heteroatoms. The zero-order valence-electron chi connectivity index (χ0n) is 18.3. The largest absolute Gasteiger partial charge is 0.472 e. The van der Waals surface area contributed by atoms with E-state index in [4.69, 9.17) is 4.42 Å². The second-order valence-corrected chi connectivity index (χ2v) is 8.35. The number of carbonyl (C=O) groups is 1. The fraction of sp³-hybridized carbons (Fsp3) is 0.560. The average molecular weight is 387 g/mol. The molecule has 0 bridgehead atoms. The van der Waals surface area contributed by atoms with Crippen LogP contribution in [0.4, 0.5) is 0 Å². The molecule has 0 aliphatic carbocycles. The van der Waals surface area contributed by atoms with Crippen molar-refractivity contribution in [2.24, 2.45) is 5.92 Å². The van der Waals surface area contributed by atoms with Crippen LogP contribution in [0.5, 0.6) is 0 Å². The number of carbonyl (C=O) groups excluding carboxylic acids is 1. The first kappa shape index (κ1) is 24.2. The summed E-state index contributed by atoms with van der Waals surface area (Å²) in [5.41, 5.74) is 4.71. The van der Waals surface area contributed by atoms with Crippen molar-refractivity contribution < 1.29 is 14.3 Å². The molecule has 3 nitrogen and oxygen atoms in total. The standard InChI is InChI=1S/C25H38O3/c1-19(2)16-24(26)17-22(5)11-7-9-20(3)8-6-10-21(4)12-13-25(27)23-14-15-28-18-23/h8,11-12,14-15,18-19,25,27H,6-7,9-10,13,16-17H2,1-5H3/t25-/m0/s1. The minimum absolute atomic E-state index is 0.344. The SMILES string of the molecule is CC(=CCCC(C)=CC[C@H](O)c1ccoc1)CCC=C(C)CC(=O)CC(C)C. The molecule has 0 amide bonds. The first-order valence-electron chi connectivity index (χ1n) is 10.5. The Balaban J connectivity index is 2.27. The number of aliphatic hydroxyl groups is 1. The van der Waals surface area contributed by atoms with Crippen molar-refractivity contribution in [1.29, 1.82) is 0 Å². The second kappa shape index (κ2) is 13.3. The van der Waals surface area contributed by atoms with E-state index in [1.165, 1.54) is 16.7 Å². The highest BCUT2D eigenvalue weighted by molar-refractivity contribution is 5.80. The summed E-state index contributed by atoms with van der Waals surface area (Å²) in [6, 6.07) is 1.80. The summed E-state index contributed by atoms with van der Waals surface area (Å²) in [5, 5.41) is 10.1. The predicted molar refractivity (Wildman–Crippen MR) is 117 cm³/mol. The number of Topliss-reactive ketones (excluding diaryl/α,β-unsaturated/α-hetero) is 1. The molecule has 0 aliphatic rings. The quantitative estimate of drug-likeness (QED) is 0.368. The summed E-state index contributed by atoms with van der Waals surface area (Å²) in [6.07, 6.45) is 15.3. The zero-order chi connectivity index (χ0) is 20.9. The molecule has 1 rings (SSSR count). The Hall–Kier alpha value is -1.87. The second-order valence-electron chi connectivity index (χ2n) is 8.35. The lowest BCUT2D eigenvalue weighted by molar-refractivity contribution is -0.119. The van der Waals surface area contributed by atoms with Gasteiger partial charge in [0.25, 0.3) is 0 Å². The third kappa shape index (κ3) is 11.1. The third-order valence-electron chi connectivity index (χ3n) is 4.79. The van der Waals surface area contributed by atoms with E-state index >= 15 is 0 Å². The minimum Gasteiger partial charge on any atom is -0.472 e. The molecular formula is C25H38O3. The van der Waals surface area contributed by atoms with E-state index in [1.807, 2.05) is 0 Å². The molecule has 0 saturated carbocycles. The maximum absolute atomic E-state index is 11.9. The topological polar surface area (TPSA) is 50.4 Å². The van der Waals surface area contributed by atoms with Crippen LogP contribution < -0.4 is 0 Å². The Morgan fingerprint density at radius 1 is 1.04 bits per heavy atom. The molecule has 0 aliphatic heterocycles. The predicted octanol–water partition coefficient (Wildman–Crippen LogP) is 7.11. The third-order valence-corrected chi connectivity index (χ3v) is 4.79. The van der Waals surface area contributed by atoms with Gasteiger partial charge in [0.15, 0.2) is 0 Å². The number of rotatable bonds is 13. The Bertz CT molecular complexity index is 660. The van der Waals surface area contributed by atoms with Gasteiger partial charge in [-0.25, -0.2) is 0 Å². The van der Waals surface area contributed by atoms with E-state index in [2.05, 4.69) is 52.8 Å².